The number of rotatable bonds is 5. The summed E-state index contributed by atoms with van der Waals surface area (Å²) in [5.41, 5.74) is 1.26. The van der Waals surface area contributed by atoms with Gasteiger partial charge in [0.25, 0.3) is 5.91 Å². The summed E-state index contributed by atoms with van der Waals surface area (Å²) >= 11 is 4.66. The maximum absolute atomic E-state index is 12.6. The lowest BCUT2D eigenvalue weighted by atomic mass is 10.2. The second-order valence-corrected chi connectivity index (χ2v) is 7.46. The predicted octanol–water partition coefficient (Wildman–Crippen LogP) is 3.78. The molecule has 0 fully saturated rings. The van der Waals surface area contributed by atoms with Gasteiger partial charge in [0.1, 0.15) is 12.3 Å². The zero-order valence-electron chi connectivity index (χ0n) is 14.8. The Labute approximate surface area is 168 Å². The van der Waals surface area contributed by atoms with Gasteiger partial charge in [-0.25, -0.2) is 0 Å². The first kappa shape index (κ1) is 19.3. The maximum atomic E-state index is 12.6. The molecule has 3 rings (SSSR count). The van der Waals surface area contributed by atoms with Crippen LogP contribution in [0.2, 0.25) is 0 Å². The van der Waals surface area contributed by atoms with Crippen molar-refractivity contribution in [1.29, 1.82) is 0 Å². The highest BCUT2D eigenvalue weighted by molar-refractivity contribution is 9.10. The van der Waals surface area contributed by atoms with Crippen LogP contribution in [0.3, 0.4) is 0 Å². The minimum Gasteiger partial charge on any atom is -0.497 e. The van der Waals surface area contributed by atoms with Crippen LogP contribution in [0.4, 0.5) is 0 Å². The molecule has 2 aromatic carbocycles. The minimum atomic E-state index is -0.384. The fourth-order valence-corrected chi connectivity index (χ4v) is 3.82. The number of methoxy groups -OCH3 is 1. The number of halogens is 1. The monoisotopic (exact) mass is 448 g/mol. The van der Waals surface area contributed by atoms with Gasteiger partial charge in [0, 0.05) is 10.0 Å². The Balaban J connectivity index is 2.10. The van der Waals surface area contributed by atoms with E-state index in [1.807, 2.05) is 12.1 Å². The van der Waals surface area contributed by atoms with E-state index in [1.54, 1.807) is 48.9 Å². The Morgan fingerprint density at radius 1 is 1.19 bits per heavy atom. The van der Waals surface area contributed by atoms with E-state index < -0.39 is 0 Å². The summed E-state index contributed by atoms with van der Waals surface area (Å²) in [6.07, 6.45) is 0. The van der Waals surface area contributed by atoms with E-state index in [9.17, 15) is 9.59 Å². The first-order valence-electron chi connectivity index (χ1n) is 8.19. The van der Waals surface area contributed by atoms with Crippen molar-refractivity contribution in [3.63, 3.8) is 0 Å². The fourth-order valence-electron chi connectivity index (χ4n) is 2.50. The molecule has 0 aliphatic heterocycles. The molecule has 1 heterocycles. The summed E-state index contributed by atoms with van der Waals surface area (Å²) in [5.74, 6) is -0.0676. The number of esters is 1. The molecule has 0 N–H and O–H groups in total. The van der Waals surface area contributed by atoms with E-state index in [0.717, 1.165) is 14.7 Å². The van der Waals surface area contributed by atoms with Crippen molar-refractivity contribution in [2.24, 2.45) is 4.99 Å². The molecule has 0 bridgehead atoms. The highest BCUT2D eigenvalue weighted by Crippen LogP contribution is 2.23. The summed E-state index contributed by atoms with van der Waals surface area (Å²) in [6, 6.07) is 12.5. The molecule has 0 unspecified atom stereocenters. The number of hydrogen-bond donors (Lipinski definition) is 0. The van der Waals surface area contributed by atoms with Gasteiger partial charge in [-0.05, 0) is 49.4 Å². The van der Waals surface area contributed by atoms with Crippen LogP contribution in [0, 0.1) is 0 Å². The number of carbonyl (C=O) groups excluding carboxylic acids is 2. The second-order valence-electron chi connectivity index (χ2n) is 5.53. The first-order valence-corrected chi connectivity index (χ1v) is 9.80. The van der Waals surface area contributed by atoms with Gasteiger partial charge in [-0.3, -0.25) is 9.59 Å². The van der Waals surface area contributed by atoms with Crippen molar-refractivity contribution in [2.75, 3.05) is 13.7 Å². The third kappa shape index (κ3) is 4.45. The zero-order chi connectivity index (χ0) is 19.4. The average Bonchev–Trinajstić information content (AvgIpc) is 2.98. The molecule has 0 aliphatic carbocycles. The molecule has 0 radical (unpaired) electrons. The number of thiazole rings is 1. The molecule has 0 spiro atoms. The largest absolute Gasteiger partial charge is 0.497 e. The van der Waals surface area contributed by atoms with Gasteiger partial charge in [-0.2, -0.15) is 4.99 Å². The van der Waals surface area contributed by atoms with Crippen LogP contribution in [-0.2, 0) is 16.1 Å². The summed E-state index contributed by atoms with van der Waals surface area (Å²) in [7, 11) is 1.59. The third-order valence-corrected chi connectivity index (χ3v) is 5.34. The molecule has 6 nitrogen and oxygen atoms in total. The quantitative estimate of drug-likeness (QED) is 0.556. The highest BCUT2D eigenvalue weighted by Gasteiger charge is 2.13. The molecule has 0 aliphatic rings. The number of amides is 1. The number of fused-ring (bicyclic) bond motifs is 1. The number of carbonyl (C=O) groups is 2. The molecule has 8 heteroatoms. The van der Waals surface area contributed by atoms with Crippen molar-refractivity contribution in [3.05, 3.63) is 57.3 Å². The van der Waals surface area contributed by atoms with Crippen molar-refractivity contribution in [2.45, 2.75) is 13.5 Å². The molecule has 3 aromatic rings. The van der Waals surface area contributed by atoms with Crippen LogP contribution in [0.5, 0.6) is 5.75 Å². The molecule has 1 aromatic heterocycles. The third-order valence-electron chi connectivity index (χ3n) is 3.77. The lowest BCUT2D eigenvalue weighted by Crippen LogP contribution is -2.23. The zero-order valence-corrected chi connectivity index (χ0v) is 17.2. The molecular formula is C19H17BrN2O4S. The SMILES string of the molecule is CCOC(=O)Cn1c(=NC(=O)c2ccc(Br)cc2)sc2cc(OC)ccc21. The Morgan fingerprint density at radius 3 is 2.59 bits per heavy atom. The molecule has 0 atom stereocenters. The lowest BCUT2D eigenvalue weighted by Gasteiger charge is -2.05. The van der Waals surface area contributed by atoms with Crippen LogP contribution in [0.15, 0.2) is 51.9 Å². The minimum absolute atomic E-state index is 0.0212. The van der Waals surface area contributed by atoms with Gasteiger partial charge in [0.05, 0.1) is 23.9 Å². The van der Waals surface area contributed by atoms with Gasteiger partial charge in [-0.15, -0.1) is 0 Å². The van der Waals surface area contributed by atoms with Crippen molar-refractivity contribution in [1.82, 2.24) is 4.57 Å². The van der Waals surface area contributed by atoms with Gasteiger partial charge in [0.2, 0.25) is 0 Å². The molecule has 0 saturated carbocycles. The Morgan fingerprint density at radius 2 is 1.93 bits per heavy atom. The molecule has 0 saturated heterocycles. The lowest BCUT2D eigenvalue weighted by molar-refractivity contribution is -0.143. The second kappa shape index (κ2) is 8.49. The molecular weight excluding hydrogens is 432 g/mol. The van der Waals surface area contributed by atoms with Crippen LogP contribution >= 0.6 is 27.3 Å². The number of hydrogen-bond acceptors (Lipinski definition) is 5. The standard InChI is InChI=1S/C19H17BrN2O4S/c1-3-26-17(23)11-22-15-9-8-14(25-2)10-16(15)27-19(22)21-18(24)12-4-6-13(20)7-5-12/h4-10H,3,11H2,1-2H3. The number of benzene rings is 2. The Bertz CT molecular complexity index is 1050. The van der Waals surface area contributed by atoms with Gasteiger partial charge < -0.3 is 14.0 Å². The van der Waals surface area contributed by atoms with Gasteiger partial charge in [-0.1, -0.05) is 27.3 Å². The molecule has 27 heavy (non-hydrogen) atoms. The van der Waals surface area contributed by atoms with Crippen LogP contribution in [-0.4, -0.2) is 30.2 Å². The molecule has 140 valence electrons. The van der Waals surface area contributed by atoms with Crippen LogP contribution in [0.1, 0.15) is 17.3 Å². The smallest absolute Gasteiger partial charge is 0.326 e. The number of ether oxygens (including phenoxy) is 2. The number of aromatic nitrogens is 1. The molecule has 1 amide bonds. The Hall–Kier alpha value is -2.45. The van der Waals surface area contributed by atoms with Crippen molar-refractivity contribution >= 4 is 49.4 Å². The van der Waals surface area contributed by atoms with Crippen molar-refractivity contribution < 1.29 is 19.1 Å². The van der Waals surface area contributed by atoms with Gasteiger partial charge in [0.15, 0.2) is 4.80 Å². The predicted molar refractivity (Wildman–Crippen MR) is 107 cm³/mol. The van der Waals surface area contributed by atoms with E-state index in [0.29, 0.717) is 22.7 Å². The fraction of sp³-hybridized carbons (Fsp3) is 0.211. The average molecular weight is 449 g/mol. The van der Waals surface area contributed by atoms with Crippen LogP contribution < -0.4 is 9.54 Å². The van der Waals surface area contributed by atoms with E-state index in [2.05, 4.69) is 20.9 Å². The number of nitrogens with zero attached hydrogens (tertiary/aromatic N) is 2. The first-order chi connectivity index (χ1) is 13.0. The van der Waals surface area contributed by atoms with E-state index in [4.69, 9.17) is 9.47 Å². The summed E-state index contributed by atoms with van der Waals surface area (Å²) in [6.45, 7) is 2.02. The topological polar surface area (TPSA) is 69.9 Å². The van der Waals surface area contributed by atoms with Gasteiger partial charge >= 0.3 is 5.97 Å². The van der Waals surface area contributed by atoms with Crippen molar-refractivity contribution in [3.8, 4) is 5.75 Å². The highest BCUT2D eigenvalue weighted by atomic mass is 79.9. The summed E-state index contributed by atoms with van der Waals surface area (Å²) in [5, 5.41) is 0. The normalized spacial score (nSPS) is 11.6. The van der Waals surface area contributed by atoms with E-state index in [1.165, 1.54) is 11.3 Å². The van der Waals surface area contributed by atoms with E-state index >= 15 is 0 Å². The maximum Gasteiger partial charge on any atom is 0.326 e. The summed E-state index contributed by atoms with van der Waals surface area (Å²) < 4.78 is 13.7. The Kier molecular flexibility index (Phi) is 6.08. The summed E-state index contributed by atoms with van der Waals surface area (Å²) in [4.78, 5) is 29.3. The van der Waals surface area contributed by atoms with Crippen LogP contribution in [0.25, 0.3) is 10.2 Å². The van der Waals surface area contributed by atoms with E-state index in [-0.39, 0.29) is 18.4 Å².